The molecule has 100 valence electrons. The first-order valence-corrected chi connectivity index (χ1v) is 7.37. The molecule has 1 heterocycles. The van der Waals surface area contributed by atoms with Gasteiger partial charge in [-0.3, -0.25) is 0 Å². The van der Waals surface area contributed by atoms with Crippen molar-refractivity contribution >= 4 is 21.6 Å². The number of rotatable bonds is 5. The highest BCUT2D eigenvalue weighted by molar-refractivity contribution is 9.10. The third kappa shape index (κ3) is 3.89. The summed E-state index contributed by atoms with van der Waals surface area (Å²) in [6.07, 6.45) is 3.84. The van der Waals surface area contributed by atoms with Crippen molar-refractivity contribution in [2.45, 2.75) is 19.3 Å². The molecule has 0 aliphatic carbocycles. The van der Waals surface area contributed by atoms with Crippen molar-refractivity contribution in [2.75, 3.05) is 32.1 Å². The molecule has 1 aromatic rings. The minimum Gasteiger partial charge on any atom is -0.495 e. The fraction of sp³-hybridized carbons (Fsp3) is 0.571. The molecule has 4 heteroatoms. The zero-order valence-corrected chi connectivity index (χ0v) is 12.4. The number of methoxy groups -OCH3 is 1. The van der Waals surface area contributed by atoms with Crippen LogP contribution < -0.4 is 15.4 Å². The smallest absolute Gasteiger partial charge is 0.142 e. The molecule has 0 amide bonds. The first kappa shape index (κ1) is 13.7. The second-order valence-electron chi connectivity index (χ2n) is 4.75. The summed E-state index contributed by atoms with van der Waals surface area (Å²) in [5.74, 6) is 1.76. The predicted molar refractivity (Wildman–Crippen MR) is 79.4 cm³/mol. The summed E-state index contributed by atoms with van der Waals surface area (Å²) in [5, 5.41) is 6.88. The topological polar surface area (TPSA) is 33.3 Å². The van der Waals surface area contributed by atoms with Gasteiger partial charge in [0.1, 0.15) is 5.75 Å². The van der Waals surface area contributed by atoms with Crippen molar-refractivity contribution < 1.29 is 4.74 Å². The summed E-state index contributed by atoms with van der Waals surface area (Å²) in [5.41, 5.74) is 1.07. The average Bonchev–Trinajstić information content (AvgIpc) is 2.40. The van der Waals surface area contributed by atoms with Crippen LogP contribution in [0.1, 0.15) is 19.3 Å². The SMILES string of the molecule is COc1ccc(Br)cc1NCCC1CCNCC1. The molecule has 2 N–H and O–H groups in total. The lowest BCUT2D eigenvalue weighted by molar-refractivity contribution is 0.360. The summed E-state index contributed by atoms with van der Waals surface area (Å²) < 4.78 is 6.43. The van der Waals surface area contributed by atoms with Gasteiger partial charge in [-0.2, -0.15) is 0 Å². The molecule has 0 radical (unpaired) electrons. The van der Waals surface area contributed by atoms with Crippen LogP contribution in [0.15, 0.2) is 22.7 Å². The second kappa shape index (κ2) is 7.00. The van der Waals surface area contributed by atoms with Crippen LogP contribution in [0.2, 0.25) is 0 Å². The Morgan fingerprint density at radius 2 is 2.17 bits per heavy atom. The van der Waals surface area contributed by atoms with E-state index in [4.69, 9.17) is 4.74 Å². The zero-order valence-electron chi connectivity index (χ0n) is 10.8. The van der Waals surface area contributed by atoms with Gasteiger partial charge in [-0.05, 0) is 56.5 Å². The van der Waals surface area contributed by atoms with Crippen LogP contribution in [-0.2, 0) is 0 Å². The third-order valence-electron chi connectivity index (χ3n) is 3.49. The molecular weight excluding hydrogens is 292 g/mol. The van der Waals surface area contributed by atoms with Crippen molar-refractivity contribution in [3.05, 3.63) is 22.7 Å². The number of anilines is 1. The maximum Gasteiger partial charge on any atom is 0.142 e. The quantitative estimate of drug-likeness (QED) is 0.875. The molecule has 2 rings (SSSR count). The molecule has 18 heavy (non-hydrogen) atoms. The minimum atomic E-state index is 0.858. The number of nitrogens with one attached hydrogen (secondary N) is 2. The van der Waals surface area contributed by atoms with Crippen molar-refractivity contribution in [1.29, 1.82) is 0 Å². The standard InChI is InChI=1S/C14H21BrN2O/c1-18-14-3-2-12(15)10-13(14)17-9-6-11-4-7-16-8-5-11/h2-3,10-11,16-17H,4-9H2,1H3. The van der Waals surface area contributed by atoms with Crippen LogP contribution in [0.3, 0.4) is 0 Å². The molecule has 1 aliphatic heterocycles. The number of piperidine rings is 1. The molecular formula is C14H21BrN2O. The van der Waals surface area contributed by atoms with Gasteiger partial charge >= 0.3 is 0 Å². The van der Waals surface area contributed by atoms with Gasteiger partial charge in [-0.1, -0.05) is 15.9 Å². The highest BCUT2D eigenvalue weighted by Gasteiger charge is 2.12. The number of hydrogen-bond acceptors (Lipinski definition) is 3. The Kier molecular flexibility index (Phi) is 5.32. The molecule has 1 saturated heterocycles. The van der Waals surface area contributed by atoms with E-state index in [0.717, 1.165) is 28.4 Å². The predicted octanol–water partition coefficient (Wildman–Crippen LogP) is 3.26. The molecule has 0 bridgehead atoms. The van der Waals surface area contributed by atoms with Crippen molar-refractivity contribution in [3.63, 3.8) is 0 Å². The molecule has 0 atom stereocenters. The number of benzene rings is 1. The summed E-state index contributed by atoms with van der Waals surface area (Å²) in [6, 6.07) is 6.05. The Balaban J connectivity index is 1.83. The van der Waals surface area contributed by atoms with Gasteiger partial charge in [0, 0.05) is 11.0 Å². The van der Waals surface area contributed by atoms with Crippen LogP contribution >= 0.6 is 15.9 Å². The van der Waals surface area contributed by atoms with E-state index in [1.54, 1.807) is 7.11 Å². The Morgan fingerprint density at radius 3 is 2.89 bits per heavy atom. The molecule has 1 fully saturated rings. The third-order valence-corrected chi connectivity index (χ3v) is 3.98. The monoisotopic (exact) mass is 312 g/mol. The number of hydrogen-bond donors (Lipinski definition) is 2. The van der Waals surface area contributed by atoms with E-state index in [-0.39, 0.29) is 0 Å². The van der Waals surface area contributed by atoms with Crippen LogP contribution in [0, 0.1) is 5.92 Å². The average molecular weight is 313 g/mol. The van der Waals surface area contributed by atoms with Crippen LogP contribution in [-0.4, -0.2) is 26.7 Å². The zero-order chi connectivity index (χ0) is 12.8. The van der Waals surface area contributed by atoms with E-state index in [9.17, 15) is 0 Å². The van der Waals surface area contributed by atoms with Crippen LogP contribution in [0.4, 0.5) is 5.69 Å². The van der Waals surface area contributed by atoms with E-state index >= 15 is 0 Å². The lowest BCUT2D eigenvalue weighted by atomic mass is 9.95. The van der Waals surface area contributed by atoms with Crippen LogP contribution in [0.25, 0.3) is 0 Å². The van der Waals surface area contributed by atoms with Crippen LogP contribution in [0.5, 0.6) is 5.75 Å². The van der Waals surface area contributed by atoms with Crippen molar-refractivity contribution in [3.8, 4) is 5.75 Å². The summed E-state index contributed by atoms with van der Waals surface area (Å²) in [7, 11) is 1.71. The largest absolute Gasteiger partial charge is 0.495 e. The first-order chi connectivity index (χ1) is 8.79. The lowest BCUT2D eigenvalue weighted by Gasteiger charge is -2.23. The maximum absolute atomic E-state index is 5.35. The summed E-state index contributed by atoms with van der Waals surface area (Å²) >= 11 is 3.49. The Morgan fingerprint density at radius 1 is 1.39 bits per heavy atom. The summed E-state index contributed by atoms with van der Waals surface area (Å²) in [6.45, 7) is 3.35. The molecule has 0 aromatic heterocycles. The number of halogens is 1. The van der Waals surface area contributed by atoms with E-state index in [1.165, 1.54) is 32.4 Å². The molecule has 3 nitrogen and oxygen atoms in total. The molecule has 0 unspecified atom stereocenters. The first-order valence-electron chi connectivity index (χ1n) is 6.57. The highest BCUT2D eigenvalue weighted by atomic mass is 79.9. The van der Waals surface area contributed by atoms with Crippen molar-refractivity contribution in [1.82, 2.24) is 5.32 Å². The van der Waals surface area contributed by atoms with Gasteiger partial charge < -0.3 is 15.4 Å². The van der Waals surface area contributed by atoms with E-state index in [0.29, 0.717) is 0 Å². The molecule has 0 saturated carbocycles. The molecule has 1 aliphatic rings. The van der Waals surface area contributed by atoms with Gasteiger partial charge in [-0.15, -0.1) is 0 Å². The van der Waals surface area contributed by atoms with Gasteiger partial charge in [0.25, 0.3) is 0 Å². The van der Waals surface area contributed by atoms with E-state index < -0.39 is 0 Å². The Bertz CT molecular complexity index is 378. The normalized spacial score (nSPS) is 16.6. The minimum absolute atomic E-state index is 0.858. The fourth-order valence-corrected chi connectivity index (χ4v) is 2.76. The molecule has 1 aromatic carbocycles. The van der Waals surface area contributed by atoms with Crippen molar-refractivity contribution in [2.24, 2.45) is 5.92 Å². The lowest BCUT2D eigenvalue weighted by Crippen LogP contribution is -2.28. The molecule has 0 spiro atoms. The number of ether oxygens (including phenoxy) is 1. The van der Waals surface area contributed by atoms with E-state index in [1.807, 2.05) is 12.1 Å². The maximum atomic E-state index is 5.35. The van der Waals surface area contributed by atoms with Gasteiger partial charge in [-0.25, -0.2) is 0 Å². The van der Waals surface area contributed by atoms with Gasteiger partial charge in [0.2, 0.25) is 0 Å². The summed E-state index contributed by atoms with van der Waals surface area (Å²) in [4.78, 5) is 0. The Hall–Kier alpha value is -0.740. The fourth-order valence-electron chi connectivity index (χ4n) is 2.40. The van der Waals surface area contributed by atoms with Gasteiger partial charge in [0.15, 0.2) is 0 Å². The Labute approximate surface area is 117 Å². The second-order valence-corrected chi connectivity index (χ2v) is 5.67. The van der Waals surface area contributed by atoms with E-state index in [2.05, 4.69) is 32.6 Å². The highest BCUT2D eigenvalue weighted by Crippen LogP contribution is 2.28. The van der Waals surface area contributed by atoms with Gasteiger partial charge in [0.05, 0.1) is 12.8 Å².